The van der Waals surface area contributed by atoms with E-state index in [-0.39, 0.29) is 25.8 Å². The molecule has 0 aromatic heterocycles. The van der Waals surface area contributed by atoms with E-state index in [2.05, 4.69) is 49.8 Å². The van der Waals surface area contributed by atoms with Crippen LogP contribution in [0.15, 0.2) is 0 Å². The van der Waals surface area contributed by atoms with Gasteiger partial charge in [-0.25, -0.2) is 4.79 Å². The number of amides is 9. The van der Waals surface area contributed by atoms with E-state index in [1.807, 2.05) is 0 Å². The third-order valence-corrected chi connectivity index (χ3v) is 8.72. The number of carboxylic acid groups (broad SMARTS) is 2. The molecule has 60 heavy (non-hydrogen) atoms. The Morgan fingerprint density at radius 2 is 1.07 bits per heavy atom. The molecule has 0 saturated heterocycles. The highest BCUT2D eigenvalue weighted by molar-refractivity contribution is 7.80. The molecule has 9 amide bonds. The third-order valence-electron chi connectivity index (χ3n) is 8.36. The van der Waals surface area contributed by atoms with Crippen molar-refractivity contribution >= 4 is 77.7 Å². The minimum atomic E-state index is -1.88. The molecular formula is C33H57N11O15S. The molecule has 0 saturated carbocycles. The van der Waals surface area contributed by atoms with Gasteiger partial charge in [0.2, 0.25) is 53.2 Å². The number of rotatable bonds is 30. The lowest BCUT2D eigenvalue weighted by atomic mass is 10.0. The molecule has 0 rings (SSSR count). The van der Waals surface area contributed by atoms with E-state index in [9.17, 15) is 68.1 Å². The molecule has 0 aliphatic rings. The SMILES string of the molecule is CC(NC(=O)C(N)CO)C(=O)NC(CCC(=O)O)C(=O)NC(CCCCN)C(=O)NC(CC(N)=O)C(=O)NC(C(=O)NC(CS)C(=O)NC(CCC(N)=O)C(=O)O)C(C)O. The van der Waals surface area contributed by atoms with Gasteiger partial charge in [-0.2, -0.15) is 12.6 Å². The third kappa shape index (κ3) is 20.9. The van der Waals surface area contributed by atoms with Crippen molar-refractivity contribution in [1.82, 2.24) is 37.2 Å². The van der Waals surface area contributed by atoms with E-state index in [1.165, 1.54) is 6.92 Å². The molecule has 9 unspecified atom stereocenters. The molecule has 0 radical (unpaired) electrons. The van der Waals surface area contributed by atoms with Crippen molar-refractivity contribution in [3.8, 4) is 0 Å². The molecule has 0 fully saturated rings. The first-order valence-corrected chi connectivity index (χ1v) is 19.1. The van der Waals surface area contributed by atoms with Crippen molar-refractivity contribution in [2.24, 2.45) is 22.9 Å². The summed E-state index contributed by atoms with van der Waals surface area (Å²) >= 11 is 3.98. The minimum Gasteiger partial charge on any atom is -0.481 e. The van der Waals surface area contributed by atoms with Gasteiger partial charge in [0.25, 0.3) is 0 Å². The number of carbonyl (C=O) groups is 11. The smallest absolute Gasteiger partial charge is 0.326 e. The number of thiol groups is 1. The summed E-state index contributed by atoms with van der Waals surface area (Å²) in [4.78, 5) is 138. The summed E-state index contributed by atoms with van der Waals surface area (Å²) < 4.78 is 0. The number of nitrogens with one attached hydrogen (secondary N) is 7. The number of hydrogen-bond acceptors (Lipinski definition) is 16. The molecule has 27 heteroatoms. The van der Waals surface area contributed by atoms with Gasteiger partial charge in [0, 0.05) is 18.6 Å². The summed E-state index contributed by atoms with van der Waals surface area (Å²) in [5.41, 5.74) is 21.4. The molecule has 0 aliphatic heterocycles. The van der Waals surface area contributed by atoms with Crippen LogP contribution in [-0.2, 0) is 52.7 Å². The highest BCUT2D eigenvalue weighted by atomic mass is 32.1. The number of aliphatic carboxylic acids is 2. The number of carbonyl (C=O) groups excluding carboxylic acids is 9. The summed E-state index contributed by atoms with van der Waals surface area (Å²) in [5.74, 6) is -12.9. The van der Waals surface area contributed by atoms with E-state index >= 15 is 0 Å². The fourth-order valence-electron chi connectivity index (χ4n) is 4.95. The Bertz CT molecular complexity index is 1550. The summed E-state index contributed by atoms with van der Waals surface area (Å²) in [6, 6.07) is -12.7. The van der Waals surface area contributed by atoms with Crippen molar-refractivity contribution < 1.29 is 73.2 Å². The second-order valence-corrected chi connectivity index (χ2v) is 13.8. The van der Waals surface area contributed by atoms with Crippen LogP contribution >= 0.6 is 12.6 Å². The van der Waals surface area contributed by atoms with Crippen LogP contribution in [0.25, 0.3) is 0 Å². The van der Waals surface area contributed by atoms with E-state index < -0.39 is 158 Å². The van der Waals surface area contributed by atoms with Gasteiger partial charge in [0.1, 0.15) is 48.3 Å². The van der Waals surface area contributed by atoms with Crippen LogP contribution in [0.3, 0.4) is 0 Å². The van der Waals surface area contributed by atoms with E-state index in [0.717, 1.165) is 6.92 Å². The van der Waals surface area contributed by atoms with Crippen molar-refractivity contribution in [2.75, 3.05) is 18.9 Å². The summed E-state index contributed by atoms with van der Waals surface area (Å²) in [5, 5.41) is 53.7. The lowest BCUT2D eigenvalue weighted by Gasteiger charge is -2.28. The van der Waals surface area contributed by atoms with Crippen molar-refractivity contribution in [1.29, 1.82) is 0 Å². The molecule has 0 aromatic carbocycles. The molecule has 340 valence electrons. The standard InChI is InChI=1S/C33H57N11O15S/c1-14(38-27(52)16(35)12-45)26(51)39-18(7-9-24(49)50)29(54)40-17(5-3-4-10-34)28(53)42-20(11-23(37)48)30(55)44-25(15(2)46)32(57)43-21(13-60)31(56)41-19(33(58)59)6-8-22(36)47/h14-21,25,45-46,60H,3-13,34-35H2,1-2H3,(H2,36,47)(H2,37,48)(H,38,52)(H,39,51)(H,40,54)(H,41,56)(H,42,53)(H,43,57)(H,44,55)(H,49,50)(H,58,59). The van der Waals surface area contributed by atoms with Crippen LogP contribution in [-0.4, -0.2) is 159 Å². The number of primary amides is 2. The highest BCUT2D eigenvalue weighted by Crippen LogP contribution is 2.08. The Morgan fingerprint density at radius 1 is 0.583 bits per heavy atom. The van der Waals surface area contributed by atoms with Crippen LogP contribution in [0, 0.1) is 0 Å². The Hall–Kier alpha value is -5.64. The largest absolute Gasteiger partial charge is 0.481 e. The zero-order valence-electron chi connectivity index (χ0n) is 33.0. The van der Waals surface area contributed by atoms with Crippen LogP contribution in [0.1, 0.15) is 65.2 Å². The van der Waals surface area contributed by atoms with Gasteiger partial charge in [-0.15, -0.1) is 0 Å². The molecule has 0 spiro atoms. The van der Waals surface area contributed by atoms with Gasteiger partial charge >= 0.3 is 11.9 Å². The first-order valence-electron chi connectivity index (χ1n) is 18.5. The number of aliphatic hydroxyl groups is 2. The number of carboxylic acids is 2. The normalized spacial score (nSPS) is 15.4. The number of nitrogens with two attached hydrogens (primary N) is 4. The fraction of sp³-hybridized carbons (Fsp3) is 0.667. The molecular weight excluding hydrogens is 822 g/mol. The second-order valence-electron chi connectivity index (χ2n) is 13.5. The molecule has 26 nitrogen and oxygen atoms in total. The summed E-state index contributed by atoms with van der Waals surface area (Å²) in [6.07, 6.45) is -4.13. The Balaban J connectivity index is 6.27. The Labute approximate surface area is 349 Å². The molecule has 0 heterocycles. The van der Waals surface area contributed by atoms with E-state index in [0.29, 0.717) is 6.42 Å². The maximum absolute atomic E-state index is 13.6. The molecule has 0 aliphatic carbocycles. The number of hydrogen-bond donors (Lipinski definition) is 16. The lowest BCUT2D eigenvalue weighted by molar-refractivity contribution is -0.142. The van der Waals surface area contributed by atoms with Gasteiger partial charge in [0.15, 0.2) is 0 Å². The Morgan fingerprint density at radius 3 is 1.55 bits per heavy atom. The summed E-state index contributed by atoms with van der Waals surface area (Å²) in [7, 11) is 0. The predicted molar refractivity (Wildman–Crippen MR) is 209 cm³/mol. The predicted octanol–water partition coefficient (Wildman–Crippen LogP) is -7.75. The molecule has 19 N–H and O–H groups in total. The zero-order valence-corrected chi connectivity index (χ0v) is 33.9. The molecule has 9 atom stereocenters. The number of aliphatic hydroxyl groups excluding tert-OH is 2. The van der Waals surface area contributed by atoms with Crippen LogP contribution in [0.5, 0.6) is 0 Å². The highest BCUT2D eigenvalue weighted by Gasteiger charge is 2.35. The quantitative estimate of drug-likeness (QED) is 0.0235. The monoisotopic (exact) mass is 879 g/mol. The minimum absolute atomic E-state index is 0.151. The van der Waals surface area contributed by atoms with Gasteiger partial charge in [0.05, 0.1) is 19.1 Å². The average molecular weight is 880 g/mol. The van der Waals surface area contributed by atoms with Crippen molar-refractivity contribution in [2.45, 2.75) is 120 Å². The second kappa shape index (κ2) is 27.9. The fourth-order valence-corrected chi connectivity index (χ4v) is 5.21. The summed E-state index contributed by atoms with van der Waals surface area (Å²) in [6.45, 7) is 1.69. The average Bonchev–Trinajstić information content (AvgIpc) is 3.16. The van der Waals surface area contributed by atoms with Crippen molar-refractivity contribution in [3.63, 3.8) is 0 Å². The van der Waals surface area contributed by atoms with E-state index in [1.54, 1.807) is 0 Å². The number of unbranched alkanes of at least 4 members (excludes halogenated alkanes) is 1. The van der Waals surface area contributed by atoms with Gasteiger partial charge in [-0.1, -0.05) is 0 Å². The first-order chi connectivity index (χ1) is 28.0. The van der Waals surface area contributed by atoms with Gasteiger partial charge in [-0.05, 0) is 52.5 Å². The lowest BCUT2D eigenvalue weighted by Crippen LogP contribution is -2.62. The Kier molecular flexibility index (Phi) is 25.3. The topological polar surface area (TPSA) is 457 Å². The maximum Gasteiger partial charge on any atom is 0.326 e. The van der Waals surface area contributed by atoms with Gasteiger partial charge in [-0.3, -0.25) is 47.9 Å². The van der Waals surface area contributed by atoms with Crippen LogP contribution in [0.2, 0.25) is 0 Å². The molecule has 0 aromatic rings. The zero-order chi connectivity index (χ0) is 46.3. The molecule has 0 bridgehead atoms. The van der Waals surface area contributed by atoms with Crippen LogP contribution in [0.4, 0.5) is 0 Å². The first kappa shape index (κ1) is 54.4. The van der Waals surface area contributed by atoms with Gasteiger partial charge < -0.3 is 80.6 Å². The van der Waals surface area contributed by atoms with Crippen LogP contribution < -0.4 is 60.2 Å². The van der Waals surface area contributed by atoms with E-state index in [4.69, 9.17) is 28.0 Å². The van der Waals surface area contributed by atoms with Crippen molar-refractivity contribution in [3.05, 3.63) is 0 Å². The maximum atomic E-state index is 13.6.